The van der Waals surface area contributed by atoms with E-state index in [0.717, 1.165) is 11.6 Å². The molecule has 10 nitrogen and oxygen atoms in total. The maximum absolute atomic E-state index is 13.7. The van der Waals surface area contributed by atoms with Crippen molar-refractivity contribution in [2.75, 3.05) is 20.2 Å². The molecule has 13 heteroatoms. The molecule has 3 heterocycles. The standard InChI is InChI=1S/C28H27BrF2N6O4/c1-17(18-4-9-22(31)21(29)14-18)36-16-24(32-34-36)28(40)10-3-12-35(13-11-28)27(39)26-23(38)15-25(41-2)37(33-26)20-7-5-19(30)6-8-20/h4-9,14-17,40H,3,10-13H2,1-2H3/t17-,28?/m0/s1. The molecule has 2 aromatic heterocycles. The van der Waals surface area contributed by atoms with Crippen LogP contribution in [0.3, 0.4) is 0 Å². The van der Waals surface area contributed by atoms with Crippen LogP contribution in [0, 0.1) is 11.6 Å². The van der Waals surface area contributed by atoms with Crippen LogP contribution in [0.4, 0.5) is 8.78 Å². The molecule has 1 saturated heterocycles. The van der Waals surface area contributed by atoms with E-state index in [0.29, 0.717) is 35.2 Å². The molecule has 1 N–H and O–H groups in total. The van der Waals surface area contributed by atoms with Crippen molar-refractivity contribution >= 4 is 21.8 Å². The number of carbonyl (C=O) groups excluding carboxylic acids is 1. The molecule has 1 aliphatic rings. The fourth-order valence-corrected chi connectivity index (χ4v) is 5.23. The average molecular weight is 629 g/mol. The fraction of sp³-hybridized carbons (Fsp3) is 0.321. The quantitative estimate of drug-likeness (QED) is 0.343. The predicted molar refractivity (Wildman–Crippen MR) is 148 cm³/mol. The Balaban J connectivity index is 1.35. The molecule has 5 rings (SSSR count). The average Bonchev–Trinajstić information content (AvgIpc) is 3.39. The summed E-state index contributed by atoms with van der Waals surface area (Å²) in [4.78, 5) is 27.8. The summed E-state index contributed by atoms with van der Waals surface area (Å²) in [5, 5.41) is 24.2. The molecule has 0 bridgehead atoms. The Morgan fingerprint density at radius 1 is 1.12 bits per heavy atom. The van der Waals surface area contributed by atoms with Gasteiger partial charge >= 0.3 is 0 Å². The first kappa shape index (κ1) is 28.6. The van der Waals surface area contributed by atoms with E-state index in [1.54, 1.807) is 23.0 Å². The highest BCUT2D eigenvalue weighted by Crippen LogP contribution is 2.33. The van der Waals surface area contributed by atoms with Crippen molar-refractivity contribution in [3.63, 3.8) is 0 Å². The van der Waals surface area contributed by atoms with Gasteiger partial charge in [0.25, 0.3) is 5.91 Å². The van der Waals surface area contributed by atoms with Gasteiger partial charge < -0.3 is 14.7 Å². The Morgan fingerprint density at radius 3 is 2.59 bits per heavy atom. The van der Waals surface area contributed by atoms with Crippen LogP contribution < -0.4 is 10.2 Å². The van der Waals surface area contributed by atoms with E-state index in [9.17, 15) is 23.5 Å². The summed E-state index contributed by atoms with van der Waals surface area (Å²) in [6, 6.07) is 11.0. The van der Waals surface area contributed by atoms with Crippen LogP contribution in [0.1, 0.15) is 54.0 Å². The van der Waals surface area contributed by atoms with E-state index >= 15 is 0 Å². The Labute approximate surface area is 242 Å². The summed E-state index contributed by atoms with van der Waals surface area (Å²) >= 11 is 3.20. The van der Waals surface area contributed by atoms with Gasteiger partial charge in [-0.05, 0) is 84.1 Å². The minimum atomic E-state index is -1.35. The highest BCUT2D eigenvalue weighted by Gasteiger charge is 2.37. The summed E-state index contributed by atoms with van der Waals surface area (Å²) in [6.45, 7) is 2.32. The molecule has 214 valence electrons. The van der Waals surface area contributed by atoms with E-state index in [-0.39, 0.29) is 36.4 Å². The minimum absolute atomic E-state index is 0.0914. The second-order valence-electron chi connectivity index (χ2n) is 9.90. The van der Waals surface area contributed by atoms with E-state index in [2.05, 4.69) is 31.3 Å². The number of benzene rings is 2. The van der Waals surface area contributed by atoms with Gasteiger partial charge in [-0.25, -0.2) is 18.1 Å². The number of rotatable bonds is 6. The van der Waals surface area contributed by atoms with Crippen LogP contribution in [0.5, 0.6) is 5.88 Å². The first-order valence-electron chi connectivity index (χ1n) is 12.9. The number of aliphatic hydroxyl groups is 1. The third-order valence-electron chi connectivity index (χ3n) is 7.29. The molecular formula is C28H27BrF2N6O4. The van der Waals surface area contributed by atoms with Gasteiger partial charge in [0.1, 0.15) is 22.9 Å². The molecular weight excluding hydrogens is 602 g/mol. The number of amides is 1. The summed E-state index contributed by atoms with van der Waals surface area (Å²) < 4.78 is 35.6. The Kier molecular flexibility index (Phi) is 8.00. The van der Waals surface area contributed by atoms with Crippen LogP contribution >= 0.6 is 15.9 Å². The van der Waals surface area contributed by atoms with Gasteiger partial charge in [-0.2, -0.15) is 5.10 Å². The molecule has 2 aromatic carbocycles. The van der Waals surface area contributed by atoms with Crippen molar-refractivity contribution in [3.8, 4) is 11.6 Å². The van der Waals surface area contributed by atoms with Gasteiger partial charge in [-0.3, -0.25) is 9.59 Å². The van der Waals surface area contributed by atoms with Crippen molar-refractivity contribution in [1.82, 2.24) is 29.7 Å². The van der Waals surface area contributed by atoms with E-state index in [1.807, 2.05) is 6.92 Å². The van der Waals surface area contributed by atoms with Gasteiger partial charge in [-0.15, -0.1) is 5.10 Å². The smallest absolute Gasteiger partial charge is 0.278 e. The Morgan fingerprint density at radius 2 is 1.88 bits per heavy atom. The molecule has 4 aromatic rings. The first-order valence-corrected chi connectivity index (χ1v) is 13.7. The van der Waals surface area contributed by atoms with E-state index in [1.165, 1.54) is 47.0 Å². The fourth-order valence-electron chi connectivity index (χ4n) is 4.83. The molecule has 1 fully saturated rings. The predicted octanol–water partition coefficient (Wildman–Crippen LogP) is 4.00. The normalized spacial score (nSPS) is 18.1. The number of hydrogen-bond donors (Lipinski definition) is 1. The summed E-state index contributed by atoms with van der Waals surface area (Å²) in [7, 11) is 1.36. The summed E-state index contributed by atoms with van der Waals surface area (Å²) in [6.07, 6.45) is 2.59. The van der Waals surface area contributed by atoms with Crippen molar-refractivity contribution in [2.45, 2.75) is 37.8 Å². The zero-order valence-electron chi connectivity index (χ0n) is 22.3. The molecule has 0 saturated carbocycles. The number of methoxy groups -OCH3 is 1. The van der Waals surface area contributed by atoms with Crippen LogP contribution in [-0.4, -0.2) is 60.9 Å². The number of carbonyl (C=O) groups is 1. The number of nitrogens with zero attached hydrogens (tertiary/aromatic N) is 6. The van der Waals surface area contributed by atoms with Crippen molar-refractivity contribution in [1.29, 1.82) is 0 Å². The molecule has 1 amide bonds. The molecule has 0 aliphatic carbocycles. The van der Waals surface area contributed by atoms with Crippen LogP contribution in [0.25, 0.3) is 5.69 Å². The number of halogens is 3. The van der Waals surface area contributed by atoms with Gasteiger partial charge in [0.15, 0.2) is 5.69 Å². The molecule has 41 heavy (non-hydrogen) atoms. The lowest BCUT2D eigenvalue weighted by molar-refractivity contribution is 0.0169. The second kappa shape index (κ2) is 11.5. The van der Waals surface area contributed by atoms with Crippen molar-refractivity contribution in [3.05, 3.63) is 98.0 Å². The van der Waals surface area contributed by atoms with Crippen LogP contribution in [0.15, 0.2) is 64.0 Å². The third-order valence-corrected chi connectivity index (χ3v) is 7.90. The summed E-state index contributed by atoms with van der Waals surface area (Å²) in [5.41, 5.74) is -0.704. The largest absolute Gasteiger partial charge is 0.481 e. The lowest BCUT2D eigenvalue weighted by Crippen LogP contribution is -2.37. The second-order valence-corrected chi connectivity index (χ2v) is 10.8. The Bertz CT molecular complexity index is 1640. The van der Waals surface area contributed by atoms with E-state index < -0.39 is 22.8 Å². The highest BCUT2D eigenvalue weighted by molar-refractivity contribution is 9.10. The molecule has 1 unspecified atom stereocenters. The van der Waals surface area contributed by atoms with E-state index in [4.69, 9.17) is 4.74 Å². The zero-order chi connectivity index (χ0) is 29.3. The summed E-state index contributed by atoms with van der Waals surface area (Å²) in [5.74, 6) is -1.31. The Hall–Kier alpha value is -3.97. The number of aromatic nitrogens is 5. The lowest BCUT2D eigenvalue weighted by Gasteiger charge is -2.24. The topological polar surface area (TPSA) is 115 Å². The van der Waals surface area contributed by atoms with Crippen LogP contribution in [-0.2, 0) is 5.60 Å². The number of ether oxygens (including phenoxy) is 1. The maximum atomic E-state index is 13.7. The van der Waals surface area contributed by atoms with Crippen LogP contribution in [0.2, 0.25) is 0 Å². The highest BCUT2D eigenvalue weighted by atomic mass is 79.9. The number of hydrogen-bond acceptors (Lipinski definition) is 7. The SMILES string of the molecule is COc1cc(=O)c(C(=O)N2CCCC(O)(c3cn([C@@H](C)c4ccc(F)c(Br)c4)nn3)CC2)nn1-c1ccc(F)cc1. The third kappa shape index (κ3) is 5.77. The maximum Gasteiger partial charge on any atom is 0.278 e. The van der Waals surface area contributed by atoms with Gasteiger partial charge in [-0.1, -0.05) is 11.3 Å². The van der Waals surface area contributed by atoms with Gasteiger partial charge in [0, 0.05) is 13.1 Å². The van der Waals surface area contributed by atoms with Crippen molar-refractivity contribution < 1.29 is 23.4 Å². The first-order chi connectivity index (χ1) is 19.6. The molecule has 0 radical (unpaired) electrons. The van der Waals surface area contributed by atoms with Gasteiger partial charge in [0.2, 0.25) is 11.3 Å². The van der Waals surface area contributed by atoms with Gasteiger partial charge in [0.05, 0.1) is 35.6 Å². The molecule has 0 spiro atoms. The number of likely N-dealkylation sites (tertiary alicyclic amines) is 1. The van der Waals surface area contributed by atoms with Crippen molar-refractivity contribution in [2.24, 2.45) is 0 Å². The molecule has 2 atom stereocenters. The lowest BCUT2D eigenvalue weighted by atomic mass is 9.92. The molecule has 1 aliphatic heterocycles. The minimum Gasteiger partial charge on any atom is -0.481 e. The zero-order valence-corrected chi connectivity index (χ0v) is 23.9. The monoisotopic (exact) mass is 628 g/mol.